The van der Waals surface area contributed by atoms with Crippen LogP contribution in [-0.4, -0.2) is 29.4 Å². The summed E-state index contributed by atoms with van der Waals surface area (Å²) >= 11 is 0. The Morgan fingerprint density at radius 1 is 0.875 bits per heavy atom. The van der Waals surface area contributed by atoms with Crippen molar-refractivity contribution in [1.82, 2.24) is 5.32 Å². The number of amides is 2. The van der Waals surface area contributed by atoms with Gasteiger partial charge in [0.1, 0.15) is 18.9 Å². The molecule has 162 valence electrons. The van der Waals surface area contributed by atoms with E-state index in [0.29, 0.717) is 17.9 Å². The minimum atomic E-state index is -1.12. The summed E-state index contributed by atoms with van der Waals surface area (Å²) in [4.78, 5) is 34.4. The molecule has 0 heterocycles. The smallest absolute Gasteiger partial charge is 0.322 e. The number of carbonyl (C=O) groups is 3. The van der Waals surface area contributed by atoms with Crippen molar-refractivity contribution in [3.63, 3.8) is 0 Å². The van der Waals surface area contributed by atoms with E-state index in [0.717, 1.165) is 16.9 Å². The molecule has 0 radical (unpaired) electrons. The van der Waals surface area contributed by atoms with Crippen LogP contribution in [0, 0.1) is 0 Å². The Balaban J connectivity index is 1.48. The van der Waals surface area contributed by atoms with Gasteiger partial charge in [0.2, 0.25) is 5.91 Å². The van der Waals surface area contributed by atoms with Crippen molar-refractivity contribution in [3.8, 4) is 5.75 Å². The molecule has 0 aliphatic rings. The minimum absolute atomic E-state index is 0.300. The van der Waals surface area contributed by atoms with Crippen molar-refractivity contribution in [3.05, 3.63) is 102 Å². The molecule has 0 atom stereocenters. The SMILES string of the molecule is O=C(O)CNC(=O)c1ccc(NC(=O)/C=C/c2ccc(OCc3ccccc3)cc2)cc1. The first kappa shape index (κ1) is 22.3. The second kappa shape index (κ2) is 11.1. The van der Waals surface area contributed by atoms with Crippen LogP contribution in [-0.2, 0) is 16.2 Å². The normalized spacial score (nSPS) is 10.5. The molecule has 7 heteroatoms. The molecule has 0 fully saturated rings. The topological polar surface area (TPSA) is 105 Å². The van der Waals surface area contributed by atoms with Gasteiger partial charge in [0.15, 0.2) is 0 Å². The van der Waals surface area contributed by atoms with E-state index in [2.05, 4.69) is 10.6 Å². The average molecular weight is 430 g/mol. The number of carbonyl (C=O) groups excluding carboxylic acids is 2. The standard InChI is InChI=1S/C25H22N2O5/c28-23(27-21-11-9-20(10-12-21)25(31)26-16-24(29)30)15-8-18-6-13-22(14-7-18)32-17-19-4-2-1-3-5-19/h1-15H,16-17H2,(H,26,31)(H,27,28)(H,29,30)/b15-8+. The number of hydrogen-bond donors (Lipinski definition) is 3. The fourth-order valence-corrected chi connectivity index (χ4v) is 2.73. The second-order valence-corrected chi connectivity index (χ2v) is 6.82. The first-order chi connectivity index (χ1) is 15.5. The van der Waals surface area contributed by atoms with Crippen molar-refractivity contribution in [1.29, 1.82) is 0 Å². The predicted molar refractivity (Wildman–Crippen MR) is 121 cm³/mol. The number of nitrogens with one attached hydrogen (secondary N) is 2. The summed E-state index contributed by atoms with van der Waals surface area (Å²) in [7, 11) is 0. The van der Waals surface area contributed by atoms with Crippen molar-refractivity contribution in [2.24, 2.45) is 0 Å². The van der Waals surface area contributed by atoms with Gasteiger partial charge in [-0.3, -0.25) is 14.4 Å². The van der Waals surface area contributed by atoms with Crippen LogP contribution >= 0.6 is 0 Å². The number of ether oxygens (including phenoxy) is 1. The molecule has 0 saturated heterocycles. The number of carboxylic acid groups (broad SMARTS) is 1. The van der Waals surface area contributed by atoms with E-state index in [4.69, 9.17) is 9.84 Å². The number of rotatable bonds is 9. The van der Waals surface area contributed by atoms with Crippen LogP contribution in [0.5, 0.6) is 5.75 Å². The maximum atomic E-state index is 12.1. The van der Waals surface area contributed by atoms with Gasteiger partial charge >= 0.3 is 5.97 Å². The zero-order valence-corrected chi connectivity index (χ0v) is 17.2. The number of carboxylic acids is 1. The van der Waals surface area contributed by atoms with Crippen molar-refractivity contribution < 1.29 is 24.2 Å². The Bertz CT molecular complexity index is 1090. The van der Waals surface area contributed by atoms with E-state index >= 15 is 0 Å². The fraction of sp³-hybridized carbons (Fsp3) is 0.0800. The summed E-state index contributed by atoms with van der Waals surface area (Å²) < 4.78 is 5.74. The highest BCUT2D eigenvalue weighted by Crippen LogP contribution is 2.15. The highest BCUT2D eigenvalue weighted by atomic mass is 16.5. The molecule has 0 saturated carbocycles. The Labute approximate surface area is 185 Å². The van der Waals surface area contributed by atoms with Gasteiger partial charge in [-0.25, -0.2) is 0 Å². The van der Waals surface area contributed by atoms with Gasteiger partial charge in [0.25, 0.3) is 5.91 Å². The lowest BCUT2D eigenvalue weighted by Gasteiger charge is -2.06. The van der Waals surface area contributed by atoms with E-state index in [-0.39, 0.29) is 5.91 Å². The van der Waals surface area contributed by atoms with Gasteiger partial charge in [-0.2, -0.15) is 0 Å². The van der Waals surface area contributed by atoms with E-state index in [1.165, 1.54) is 18.2 Å². The first-order valence-electron chi connectivity index (χ1n) is 9.85. The molecule has 7 nitrogen and oxygen atoms in total. The lowest BCUT2D eigenvalue weighted by molar-refractivity contribution is -0.135. The van der Waals surface area contributed by atoms with Crippen molar-refractivity contribution >= 4 is 29.5 Å². The Kier molecular flexibility index (Phi) is 7.75. The highest BCUT2D eigenvalue weighted by molar-refractivity contribution is 6.02. The number of hydrogen-bond acceptors (Lipinski definition) is 4. The fourth-order valence-electron chi connectivity index (χ4n) is 2.73. The van der Waals surface area contributed by atoms with Crippen LogP contribution in [0.4, 0.5) is 5.69 Å². The molecule has 3 rings (SSSR count). The molecule has 0 aromatic heterocycles. The molecule has 3 aromatic carbocycles. The molecule has 0 unspecified atom stereocenters. The monoisotopic (exact) mass is 430 g/mol. The molecular formula is C25H22N2O5. The first-order valence-corrected chi connectivity index (χ1v) is 9.85. The molecule has 0 aliphatic carbocycles. The molecule has 2 amide bonds. The number of anilines is 1. The van der Waals surface area contributed by atoms with Crippen LogP contribution in [0.3, 0.4) is 0 Å². The number of aliphatic carboxylic acids is 1. The van der Waals surface area contributed by atoms with E-state index < -0.39 is 18.4 Å². The van der Waals surface area contributed by atoms with Crippen LogP contribution in [0.1, 0.15) is 21.5 Å². The number of benzene rings is 3. The minimum Gasteiger partial charge on any atom is -0.489 e. The summed E-state index contributed by atoms with van der Waals surface area (Å²) in [6, 6.07) is 23.4. The average Bonchev–Trinajstić information content (AvgIpc) is 2.81. The summed E-state index contributed by atoms with van der Waals surface area (Å²) in [6.45, 7) is 0.0285. The van der Waals surface area contributed by atoms with Gasteiger partial charge in [-0.05, 0) is 53.6 Å². The lowest BCUT2D eigenvalue weighted by atomic mass is 10.2. The zero-order valence-electron chi connectivity index (χ0n) is 17.2. The second-order valence-electron chi connectivity index (χ2n) is 6.82. The van der Waals surface area contributed by atoms with Crippen LogP contribution in [0.15, 0.2) is 84.9 Å². The summed E-state index contributed by atoms with van der Waals surface area (Å²) in [5.74, 6) is -1.20. The van der Waals surface area contributed by atoms with Gasteiger partial charge in [-0.15, -0.1) is 0 Å². The maximum absolute atomic E-state index is 12.1. The summed E-state index contributed by atoms with van der Waals surface area (Å²) in [5.41, 5.74) is 2.74. The zero-order chi connectivity index (χ0) is 22.8. The van der Waals surface area contributed by atoms with Gasteiger partial charge in [-0.1, -0.05) is 42.5 Å². The molecule has 3 N–H and O–H groups in total. The molecule has 0 bridgehead atoms. The largest absolute Gasteiger partial charge is 0.489 e. The highest BCUT2D eigenvalue weighted by Gasteiger charge is 2.07. The van der Waals surface area contributed by atoms with E-state index in [1.807, 2.05) is 54.6 Å². The van der Waals surface area contributed by atoms with Gasteiger partial charge < -0.3 is 20.5 Å². The molecule has 32 heavy (non-hydrogen) atoms. The Hall–Kier alpha value is -4.39. The quantitative estimate of drug-likeness (QED) is 0.449. The maximum Gasteiger partial charge on any atom is 0.322 e. The predicted octanol–water partition coefficient (Wildman–Crippen LogP) is 3.73. The Morgan fingerprint density at radius 3 is 2.22 bits per heavy atom. The van der Waals surface area contributed by atoms with Gasteiger partial charge in [0, 0.05) is 17.3 Å². The third-order valence-corrected chi connectivity index (χ3v) is 4.37. The van der Waals surface area contributed by atoms with Crippen LogP contribution in [0.2, 0.25) is 0 Å². The van der Waals surface area contributed by atoms with Crippen LogP contribution in [0.25, 0.3) is 6.08 Å². The molecular weight excluding hydrogens is 408 g/mol. The van der Waals surface area contributed by atoms with E-state index in [9.17, 15) is 14.4 Å². The Morgan fingerprint density at radius 2 is 1.56 bits per heavy atom. The third kappa shape index (κ3) is 7.14. The van der Waals surface area contributed by atoms with Crippen molar-refractivity contribution in [2.45, 2.75) is 6.61 Å². The summed E-state index contributed by atoms with van der Waals surface area (Å²) in [5, 5.41) is 13.6. The van der Waals surface area contributed by atoms with Crippen molar-refractivity contribution in [2.75, 3.05) is 11.9 Å². The van der Waals surface area contributed by atoms with Gasteiger partial charge in [0.05, 0.1) is 0 Å². The lowest BCUT2D eigenvalue weighted by Crippen LogP contribution is -2.29. The van der Waals surface area contributed by atoms with Crippen LogP contribution < -0.4 is 15.4 Å². The molecule has 0 aliphatic heterocycles. The molecule has 0 spiro atoms. The van der Waals surface area contributed by atoms with E-state index in [1.54, 1.807) is 18.2 Å². The molecule has 3 aromatic rings. The summed E-state index contributed by atoms with van der Waals surface area (Å²) in [6.07, 6.45) is 3.09. The third-order valence-electron chi connectivity index (χ3n) is 4.37.